The Hall–Kier alpha value is -3.70. The second kappa shape index (κ2) is 8.54. The third kappa shape index (κ3) is 4.25. The van der Waals surface area contributed by atoms with E-state index in [2.05, 4.69) is 5.32 Å². The van der Waals surface area contributed by atoms with E-state index >= 15 is 0 Å². The quantitative estimate of drug-likeness (QED) is 0.466. The number of nitriles is 1. The molecule has 8 heteroatoms. The Morgan fingerprint density at radius 2 is 2.00 bits per heavy atom. The van der Waals surface area contributed by atoms with Gasteiger partial charge in [-0.2, -0.15) is 5.26 Å². The third-order valence-electron chi connectivity index (χ3n) is 4.15. The van der Waals surface area contributed by atoms with Gasteiger partial charge in [-0.1, -0.05) is 18.2 Å². The zero-order valence-corrected chi connectivity index (χ0v) is 16.6. The van der Waals surface area contributed by atoms with Gasteiger partial charge in [0.2, 0.25) is 0 Å². The van der Waals surface area contributed by atoms with Gasteiger partial charge in [0, 0.05) is 0 Å². The van der Waals surface area contributed by atoms with Crippen LogP contribution in [0.1, 0.15) is 11.1 Å². The molecule has 0 atom stereocenters. The van der Waals surface area contributed by atoms with E-state index in [1.807, 2.05) is 31.2 Å². The molecule has 0 saturated carbocycles. The molecule has 1 saturated heterocycles. The summed E-state index contributed by atoms with van der Waals surface area (Å²) in [4.78, 5) is 26.8. The van der Waals surface area contributed by atoms with Gasteiger partial charge < -0.3 is 9.47 Å². The lowest BCUT2D eigenvalue weighted by atomic mass is 10.1. The lowest BCUT2D eigenvalue weighted by Crippen LogP contribution is -2.54. The smallest absolute Gasteiger partial charge is 0.270 e. The molecule has 0 spiro atoms. The summed E-state index contributed by atoms with van der Waals surface area (Å²) in [7, 11) is 1.46. The van der Waals surface area contributed by atoms with Crippen LogP contribution in [0, 0.1) is 18.3 Å². The Morgan fingerprint density at radius 1 is 1.21 bits per heavy atom. The highest BCUT2D eigenvalue weighted by Crippen LogP contribution is 2.30. The minimum atomic E-state index is -0.576. The maximum absolute atomic E-state index is 13.0. The van der Waals surface area contributed by atoms with Gasteiger partial charge in [0.05, 0.1) is 12.8 Å². The predicted octanol–water partition coefficient (Wildman–Crippen LogP) is 2.74. The van der Waals surface area contributed by atoms with Gasteiger partial charge in [-0.15, -0.1) is 0 Å². The number of nitrogens with zero attached hydrogens (tertiary/aromatic N) is 2. The van der Waals surface area contributed by atoms with Gasteiger partial charge in [-0.3, -0.25) is 19.8 Å². The van der Waals surface area contributed by atoms with Crippen molar-refractivity contribution < 1.29 is 19.1 Å². The monoisotopic (exact) mass is 407 g/mol. The molecular weight excluding hydrogens is 390 g/mol. The highest BCUT2D eigenvalue weighted by Gasteiger charge is 2.34. The number of carbonyl (C=O) groups excluding carboxylic acids is 2. The number of benzene rings is 2. The molecule has 2 aromatic rings. The first-order valence-electron chi connectivity index (χ1n) is 8.60. The van der Waals surface area contributed by atoms with Crippen LogP contribution in [0.15, 0.2) is 48.0 Å². The van der Waals surface area contributed by atoms with Gasteiger partial charge in [0.15, 0.2) is 23.2 Å². The molecule has 7 nitrogen and oxygen atoms in total. The van der Waals surface area contributed by atoms with Crippen LogP contribution in [0.2, 0.25) is 0 Å². The fraction of sp³-hybridized carbons (Fsp3) is 0.143. The van der Waals surface area contributed by atoms with Crippen molar-refractivity contribution in [3.63, 3.8) is 0 Å². The Morgan fingerprint density at radius 3 is 2.69 bits per heavy atom. The van der Waals surface area contributed by atoms with Crippen molar-refractivity contribution in [3.8, 4) is 17.6 Å². The van der Waals surface area contributed by atoms with Crippen LogP contribution < -0.4 is 19.7 Å². The van der Waals surface area contributed by atoms with E-state index < -0.39 is 11.8 Å². The minimum Gasteiger partial charge on any atom is -0.493 e. The molecule has 2 amide bonds. The fourth-order valence-electron chi connectivity index (χ4n) is 2.83. The van der Waals surface area contributed by atoms with Crippen LogP contribution in [-0.2, 0) is 9.59 Å². The van der Waals surface area contributed by atoms with E-state index in [1.165, 1.54) is 18.1 Å². The van der Waals surface area contributed by atoms with Crippen LogP contribution in [-0.4, -0.2) is 30.6 Å². The first-order chi connectivity index (χ1) is 13.9. The molecule has 2 aromatic carbocycles. The van der Waals surface area contributed by atoms with Crippen LogP contribution >= 0.6 is 12.2 Å². The number of aryl methyl sites for hydroxylation is 1. The number of thiocarbonyl (C=S) groups is 1. The second-order valence-electron chi connectivity index (χ2n) is 6.15. The molecule has 146 valence electrons. The predicted molar refractivity (Wildman–Crippen MR) is 111 cm³/mol. The number of ether oxygens (including phenoxy) is 2. The molecule has 0 radical (unpaired) electrons. The number of carbonyl (C=O) groups is 2. The number of methoxy groups -OCH3 is 1. The van der Waals surface area contributed by atoms with E-state index in [4.69, 9.17) is 27.0 Å². The largest absolute Gasteiger partial charge is 0.493 e. The van der Waals surface area contributed by atoms with Crippen molar-refractivity contribution in [3.05, 3.63) is 59.2 Å². The summed E-state index contributed by atoms with van der Waals surface area (Å²) in [6.45, 7) is 1.78. The summed E-state index contributed by atoms with van der Waals surface area (Å²) in [5, 5.41) is 11.2. The maximum Gasteiger partial charge on any atom is 0.270 e. The minimum absolute atomic E-state index is 0.0283. The van der Waals surface area contributed by atoms with Crippen molar-refractivity contribution in [1.29, 1.82) is 5.26 Å². The maximum atomic E-state index is 13.0. The average molecular weight is 407 g/mol. The van der Waals surface area contributed by atoms with E-state index in [0.717, 1.165) is 5.56 Å². The molecule has 1 N–H and O–H groups in total. The molecule has 0 aromatic heterocycles. The molecule has 0 bridgehead atoms. The van der Waals surface area contributed by atoms with Gasteiger partial charge in [0.1, 0.15) is 11.6 Å². The summed E-state index contributed by atoms with van der Waals surface area (Å²) in [5.74, 6) is -0.330. The number of rotatable bonds is 5. The summed E-state index contributed by atoms with van der Waals surface area (Å²) in [6, 6.07) is 14.0. The third-order valence-corrected chi connectivity index (χ3v) is 4.44. The van der Waals surface area contributed by atoms with Crippen molar-refractivity contribution in [2.24, 2.45) is 0 Å². The number of amides is 2. The summed E-state index contributed by atoms with van der Waals surface area (Å²) >= 11 is 5.20. The highest BCUT2D eigenvalue weighted by atomic mass is 32.1. The van der Waals surface area contributed by atoms with Gasteiger partial charge >= 0.3 is 0 Å². The Balaban J connectivity index is 1.97. The topological polar surface area (TPSA) is 91.7 Å². The van der Waals surface area contributed by atoms with Crippen LogP contribution in [0.5, 0.6) is 11.5 Å². The number of hydrogen-bond donors (Lipinski definition) is 1. The normalized spacial score (nSPS) is 15.1. The first kappa shape index (κ1) is 20.0. The average Bonchev–Trinajstić information content (AvgIpc) is 2.69. The molecule has 0 unspecified atom stereocenters. The molecule has 1 heterocycles. The molecular formula is C21H17N3O4S. The van der Waals surface area contributed by atoms with E-state index in [1.54, 1.807) is 24.3 Å². The molecule has 0 aliphatic carbocycles. The number of hydrogen-bond acceptors (Lipinski definition) is 6. The molecule has 1 fully saturated rings. The molecule has 1 aliphatic heterocycles. The van der Waals surface area contributed by atoms with Crippen LogP contribution in [0.3, 0.4) is 0 Å². The Kier molecular flexibility index (Phi) is 5.90. The van der Waals surface area contributed by atoms with Crippen LogP contribution in [0.25, 0.3) is 6.08 Å². The van der Waals surface area contributed by atoms with Crippen LogP contribution in [0.4, 0.5) is 5.69 Å². The van der Waals surface area contributed by atoms with Gasteiger partial charge in [0.25, 0.3) is 11.8 Å². The van der Waals surface area contributed by atoms with Crippen molar-refractivity contribution >= 4 is 40.9 Å². The van der Waals surface area contributed by atoms with E-state index in [9.17, 15) is 9.59 Å². The fourth-order valence-corrected chi connectivity index (χ4v) is 3.11. The standard InChI is InChI=1S/C21H17N3O4S/c1-13-4-3-5-15(10-13)24-20(26)16(19(25)23-21(24)29)11-14-6-7-17(28-9-8-22)18(12-14)27-2/h3-7,10-12H,9H2,1-2H3,(H,23,25,29)/b16-11+. The van der Waals surface area contributed by atoms with Crippen molar-refractivity contribution in [2.75, 3.05) is 18.6 Å². The van der Waals surface area contributed by atoms with Crippen molar-refractivity contribution in [2.45, 2.75) is 6.92 Å². The zero-order chi connectivity index (χ0) is 21.0. The van der Waals surface area contributed by atoms with Gasteiger partial charge in [-0.25, -0.2) is 0 Å². The van der Waals surface area contributed by atoms with E-state index in [0.29, 0.717) is 22.7 Å². The lowest BCUT2D eigenvalue weighted by Gasteiger charge is -2.29. The summed E-state index contributed by atoms with van der Waals surface area (Å²) in [5.41, 5.74) is 2.02. The number of anilines is 1. The molecule has 1 aliphatic rings. The Labute approximate surface area is 173 Å². The van der Waals surface area contributed by atoms with E-state index in [-0.39, 0.29) is 17.3 Å². The zero-order valence-electron chi connectivity index (χ0n) is 15.8. The SMILES string of the molecule is COc1cc(/C=C2\C(=O)NC(=S)N(c3cccc(C)c3)C2=O)ccc1OCC#N. The van der Waals surface area contributed by atoms with Gasteiger partial charge in [-0.05, 0) is 60.6 Å². The Bertz CT molecular complexity index is 1070. The molecule has 3 rings (SSSR count). The molecule has 29 heavy (non-hydrogen) atoms. The second-order valence-corrected chi connectivity index (χ2v) is 6.54. The lowest BCUT2D eigenvalue weighted by molar-refractivity contribution is -0.122. The number of nitrogens with one attached hydrogen (secondary N) is 1. The summed E-state index contributed by atoms with van der Waals surface area (Å²) < 4.78 is 10.6. The highest BCUT2D eigenvalue weighted by molar-refractivity contribution is 7.80. The first-order valence-corrected chi connectivity index (χ1v) is 9.01. The summed E-state index contributed by atoms with van der Waals surface area (Å²) in [6.07, 6.45) is 1.46. The van der Waals surface area contributed by atoms with Crippen molar-refractivity contribution in [1.82, 2.24) is 5.32 Å².